The summed E-state index contributed by atoms with van der Waals surface area (Å²) < 4.78 is 55.5. The summed E-state index contributed by atoms with van der Waals surface area (Å²) in [5, 5.41) is 2.39. The summed E-state index contributed by atoms with van der Waals surface area (Å²) in [6.07, 6.45) is -8.56. The van der Waals surface area contributed by atoms with Gasteiger partial charge in [-0.25, -0.2) is 9.59 Å². The fourth-order valence-corrected chi connectivity index (χ4v) is 4.79. The van der Waals surface area contributed by atoms with Crippen molar-refractivity contribution < 1.29 is 41.8 Å². The standard InChI is InChI=1S/C26H27F3N2O6/c1-14(2)21(22(32)31-20(23(33)35-3)13-36-24(31)26(27,28)29)30-25(34)37-12-19-17-10-6-4-8-15(17)16-9-5-7-11-18(16)19/h4-11,14,19-21,24H,12-13H2,1-3H3,(H,30,34)/t20-,21-,24+/m0/s1. The number of fused-ring (bicyclic) bond motifs is 3. The lowest BCUT2D eigenvalue weighted by Crippen LogP contribution is -2.59. The van der Waals surface area contributed by atoms with Crippen LogP contribution in [0.1, 0.15) is 30.9 Å². The van der Waals surface area contributed by atoms with Crippen molar-refractivity contribution in [2.75, 3.05) is 20.3 Å². The van der Waals surface area contributed by atoms with Crippen molar-refractivity contribution >= 4 is 18.0 Å². The number of alkyl halides is 3. The Hall–Kier alpha value is -3.60. The van der Waals surface area contributed by atoms with Gasteiger partial charge in [0, 0.05) is 5.92 Å². The number of methoxy groups -OCH3 is 1. The summed E-state index contributed by atoms with van der Waals surface area (Å²) in [7, 11) is 1.00. The zero-order valence-electron chi connectivity index (χ0n) is 20.5. The van der Waals surface area contributed by atoms with Crippen LogP contribution >= 0.6 is 0 Å². The van der Waals surface area contributed by atoms with Crippen molar-refractivity contribution in [2.24, 2.45) is 5.92 Å². The Bertz CT molecular complexity index is 1140. The van der Waals surface area contributed by atoms with E-state index in [0.717, 1.165) is 29.4 Å². The van der Waals surface area contributed by atoms with E-state index in [0.29, 0.717) is 4.90 Å². The van der Waals surface area contributed by atoms with Gasteiger partial charge in [-0.1, -0.05) is 62.4 Å². The number of amides is 2. The maximum Gasteiger partial charge on any atom is 0.433 e. The molecule has 1 N–H and O–H groups in total. The van der Waals surface area contributed by atoms with Gasteiger partial charge in [0.15, 0.2) is 6.04 Å². The number of rotatable bonds is 6. The van der Waals surface area contributed by atoms with E-state index in [1.807, 2.05) is 48.5 Å². The summed E-state index contributed by atoms with van der Waals surface area (Å²) in [5.41, 5.74) is 4.03. The van der Waals surface area contributed by atoms with Gasteiger partial charge in [0.05, 0.1) is 13.7 Å². The van der Waals surface area contributed by atoms with Crippen molar-refractivity contribution in [3.8, 4) is 11.1 Å². The summed E-state index contributed by atoms with van der Waals surface area (Å²) in [5.74, 6) is -3.04. The molecule has 3 atom stereocenters. The highest BCUT2D eigenvalue weighted by Gasteiger charge is 2.56. The van der Waals surface area contributed by atoms with Gasteiger partial charge >= 0.3 is 18.2 Å². The number of hydrogen-bond donors (Lipinski definition) is 1. The van der Waals surface area contributed by atoms with Crippen LogP contribution in [-0.4, -0.2) is 67.7 Å². The molecule has 37 heavy (non-hydrogen) atoms. The van der Waals surface area contributed by atoms with E-state index in [4.69, 9.17) is 9.47 Å². The fraction of sp³-hybridized carbons (Fsp3) is 0.423. The van der Waals surface area contributed by atoms with E-state index >= 15 is 0 Å². The summed E-state index contributed by atoms with van der Waals surface area (Å²) >= 11 is 0. The largest absolute Gasteiger partial charge is 0.467 e. The van der Waals surface area contributed by atoms with Gasteiger partial charge in [0.2, 0.25) is 12.1 Å². The molecule has 11 heteroatoms. The van der Waals surface area contributed by atoms with Crippen molar-refractivity contribution in [3.63, 3.8) is 0 Å². The predicted octanol–water partition coefficient (Wildman–Crippen LogP) is 3.84. The van der Waals surface area contributed by atoms with Gasteiger partial charge in [-0.05, 0) is 28.2 Å². The number of benzene rings is 2. The molecule has 8 nitrogen and oxygen atoms in total. The minimum atomic E-state index is -4.95. The second-order valence-electron chi connectivity index (χ2n) is 9.20. The lowest BCUT2D eigenvalue weighted by atomic mass is 9.98. The zero-order valence-corrected chi connectivity index (χ0v) is 20.5. The summed E-state index contributed by atoms with van der Waals surface area (Å²) in [4.78, 5) is 38.4. The monoisotopic (exact) mass is 520 g/mol. The normalized spacial score (nSPS) is 19.8. The van der Waals surface area contributed by atoms with Crippen LogP contribution in [0.25, 0.3) is 11.1 Å². The molecular weight excluding hydrogens is 493 g/mol. The highest BCUT2D eigenvalue weighted by molar-refractivity contribution is 5.90. The first kappa shape index (κ1) is 26.5. The molecule has 0 radical (unpaired) electrons. The van der Waals surface area contributed by atoms with Gasteiger partial charge in [-0.15, -0.1) is 0 Å². The molecular formula is C26H27F3N2O6. The number of carbonyl (C=O) groups excluding carboxylic acids is 3. The minimum Gasteiger partial charge on any atom is -0.467 e. The Morgan fingerprint density at radius 2 is 1.62 bits per heavy atom. The number of nitrogens with zero attached hydrogens (tertiary/aromatic N) is 1. The second-order valence-corrected chi connectivity index (χ2v) is 9.20. The zero-order chi connectivity index (χ0) is 26.9. The van der Waals surface area contributed by atoms with Gasteiger partial charge in [-0.3, -0.25) is 9.69 Å². The molecule has 1 aliphatic heterocycles. The maximum absolute atomic E-state index is 13.6. The molecule has 2 aliphatic rings. The molecule has 4 rings (SSSR count). The molecule has 198 valence electrons. The SMILES string of the molecule is COC(=O)[C@@H]1CO[C@H](C(F)(F)F)N1C(=O)[C@@H](NC(=O)OCC1c2ccccc2-c2ccccc21)C(C)C. The molecule has 0 aromatic heterocycles. The Kier molecular flexibility index (Phi) is 7.44. The molecule has 1 saturated heterocycles. The highest BCUT2D eigenvalue weighted by Crippen LogP contribution is 2.44. The quantitative estimate of drug-likeness (QED) is 0.582. The number of halogens is 3. The molecule has 1 aliphatic carbocycles. The first-order valence-electron chi connectivity index (χ1n) is 11.7. The second kappa shape index (κ2) is 10.4. The van der Waals surface area contributed by atoms with Crippen LogP contribution in [0.5, 0.6) is 0 Å². The van der Waals surface area contributed by atoms with Crippen LogP contribution in [0.4, 0.5) is 18.0 Å². The van der Waals surface area contributed by atoms with Gasteiger partial charge in [0.25, 0.3) is 0 Å². The Morgan fingerprint density at radius 3 is 2.14 bits per heavy atom. The Morgan fingerprint density at radius 1 is 1.05 bits per heavy atom. The van der Waals surface area contributed by atoms with Crippen molar-refractivity contribution in [3.05, 3.63) is 59.7 Å². The minimum absolute atomic E-state index is 0.0400. The van der Waals surface area contributed by atoms with E-state index in [9.17, 15) is 27.6 Å². The first-order chi connectivity index (χ1) is 17.5. The smallest absolute Gasteiger partial charge is 0.433 e. The van der Waals surface area contributed by atoms with Crippen LogP contribution in [0.15, 0.2) is 48.5 Å². The third-order valence-electron chi connectivity index (χ3n) is 6.56. The van der Waals surface area contributed by atoms with E-state index in [1.54, 1.807) is 13.8 Å². The van der Waals surface area contributed by atoms with Gasteiger partial charge < -0.3 is 19.5 Å². The number of alkyl carbamates (subject to hydrolysis) is 1. The summed E-state index contributed by atoms with van der Waals surface area (Å²) in [6, 6.07) is 12.5. The third kappa shape index (κ3) is 5.13. The first-order valence-corrected chi connectivity index (χ1v) is 11.7. The Balaban J connectivity index is 1.49. The molecule has 1 fully saturated rings. The van der Waals surface area contributed by atoms with E-state index in [2.05, 4.69) is 10.1 Å². The highest BCUT2D eigenvalue weighted by atomic mass is 19.4. The van der Waals surface area contributed by atoms with Crippen molar-refractivity contribution in [2.45, 2.75) is 44.3 Å². The van der Waals surface area contributed by atoms with Crippen LogP contribution < -0.4 is 5.32 Å². The van der Waals surface area contributed by atoms with E-state index < -0.39 is 55.0 Å². The van der Waals surface area contributed by atoms with Gasteiger partial charge in [-0.2, -0.15) is 13.2 Å². The average molecular weight is 521 g/mol. The predicted molar refractivity (Wildman–Crippen MR) is 125 cm³/mol. The lowest BCUT2D eigenvalue weighted by molar-refractivity contribution is -0.240. The number of nitrogens with one attached hydrogen (secondary N) is 1. The topological polar surface area (TPSA) is 94.2 Å². The molecule has 1 heterocycles. The number of ether oxygens (including phenoxy) is 3. The number of carbonyl (C=O) groups is 3. The number of esters is 1. The molecule has 0 bridgehead atoms. The molecule has 2 aromatic rings. The van der Waals surface area contributed by atoms with Crippen LogP contribution in [0.2, 0.25) is 0 Å². The van der Waals surface area contributed by atoms with Gasteiger partial charge in [0.1, 0.15) is 12.6 Å². The van der Waals surface area contributed by atoms with Crippen molar-refractivity contribution in [1.82, 2.24) is 10.2 Å². The molecule has 2 aromatic carbocycles. The third-order valence-corrected chi connectivity index (χ3v) is 6.56. The lowest BCUT2D eigenvalue weighted by Gasteiger charge is -2.32. The van der Waals surface area contributed by atoms with Crippen molar-refractivity contribution in [1.29, 1.82) is 0 Å². The van der Waals surface area contributed by atoms with Crippen LogP contribution in [0, 0.1) is 5.92 Å². The molecule has 2 amide bonds. The van der Waals surface area contributed by atoms with E-state index in [-0.39, 0.29) is 12.5 Å². The molecule has 0 saturated carbocycles. The van der Waals surface area contributed by atoms with Crippen LogP contribution in [-0.2, 0) is 23.8 Å². The summed E-state index contributed by atoms with van der Waals surface area (Å²) in [6.45, 7) is 2.39. The van der Waals surface area contributed by atoms with Crippen LogP contribution in [0.3, 0.4) is 0 Å². The molecule has 0 unspecified atom stereocenters. The maximum atomic E-state index is 13.6. The average Bonchev–Trinajstić information content (AvgIpc) is 3.45. The van der Waals surface area contributed by atoms with E-state index in [1.165, 1.54) is 0 Å². The number of hydrogen-bond acceptors (Lipinski definition) is 6. The molecule has 0 spiro atoms. The Labute approximate surface area is 211 Å². The fourth-order valence-electron chi connectivity index (χ4n) is 4.79.